The monoisotopic (exact) mass is 311 g/mol. The van der Waals surface area contributed by atoms with E-state index in [2.05, 4.69) is 32.9 Å². The van der Waals surface area contributed by atoms with Gasteiger partial charge in [0.1, 0.15) is 17.9 Å². The zero-order chi connectivity index (χ0) is 15.6. The van der Waals surface area contributed by atoms with Crippen molar-refractivity contribution in [2.24, 2.45) is 0 Å². The minimum atomic E-state index is 0.361. The molecule has 1 saturated carbocycles. The molecule has 0 bridgehead atoms. The lowest BCUT2D eigenvalue weighted by atomic mass is 9.94. The fourth-order valence-electron chi connectivity index (χ4n) is 3.95. The largest absolute Gasteiger partial charge is 0.488 e. The summed E-state index contributed by atoms with van der Waals surface area (Å²) >= 11 is 0. The normalized spacial score (nSPS) is 27.1. The van der Waals surface area contributed by atoms with Crippen LogP contribution in [0.4, 0.5) is 11.5 Å². The molecule has 6 nitrogen and oxygen atoms in total. The van der Waals surface area contributed by atoms with Gasteiger partial charge in [-0.1, -0.05) is 0 Å². The van der Waals surface area contributed by atoms with E-state index in [1.54, 1.807) is 0 Å². The molecule has 1 aromatic heterocycles. The van der Waals surface area contributed by atoms with Crippen molar-refractivity contribution in [1.82, 2.24) is 14.9 Å². The van der Waals surface area contributed by atoms with E-state index in [1.165, 1.54) is 12.7 Å². The second-order valence-corrected chi connectivity index (χ2v) is 6.94. The molecule has 2 aromatic rings. The smallest absolute Gasteiger partial charge is 0.143 e. The van der Waals surface area contributed by atoms with Crippen LogP contribution >= 0.6 is 0 Å². The van der Waals surface area contributed by atoms with Crippen LogP contribution in [0.5, 0.6) is 5.75 Å². The van der Waals surface area contributed by atoms with Crippen LogP contribution in [0.1, 0.15) is 19.3 Å². The Bertz CT molecular complexity index is 775. The first-order valence-electron chi connectivity index (χ1n) is 8.39. The van der Waals surface area contributed by atoms with Crippen molar-refractivity contribution in [1.29, 1.82) is 0 Å². The Morgan fingerprint density at radius 1 is 1.17 bits per heavy atom. The highest BCUT2D eigenvalue weighted by Gasteiger charge is 2.47. The number of nitrogens with two attached hydrogens (primary N) is 1. The minimum absolute atomic E-state index is 0.361. The fraction of sp³-hybridized carbons (Fsp3) is 0.529. The summed E-state index contributed by atoms with van der Waals surface area (Å²) in [7, 11) is 2.21. The molecule has 120 valence electrons. The summed E-state index contributed by atoms with van der Waals surface area (Å²) in [5.41, 5.74) is 8.20. The average molecular weight is 311 g/mol. The third-order valence-electron chi connectivity index (χ3n) is 5.45. The van der Waals surface area contributed by atoms with Crippen molar-refractivity contribution >= 4 is 22.4 Å². The topological polar surface area (TPSA) is 67.5 Å². The molecule has 2 saturated heterocycles. The predicted octanol–water partition coefficient (Wildman–Crippen LogP) is 1.65. The standard InChI is InChI=1S/C17H21N5O/c1-21-7-6-12-13(21)8-22(12)16-14(23-10-2-3-10)5-4-11-15(16)17(18)20-9-19-11/h4-5,9-10,12-13H,2-3,6-8H2,1H3,(H2,18,19,20)/t12-,13-/m0/s1. The van der Waals surface area contributed by atoms with Crippen LogP contribution in [0.3, 0.4) is 0 Å². The van der Waals surface area contributed by atoms with E-state index in [1.807, 2.05) is 6.07 Å². The summed E-state index contributed by atoms with van der Waals surface area (Å²) in [6, 6.07) is 5.23. The number of anilines is 2. The number of hydrogen-bond donors (Lipinski definition) is 1. The maximum atomic E-state index is 6.21. The van der Waals surface area contributed by atoms with Crippen LogP contribution in [-0.2, 0) is 0 Å². The van der Waals surface area contributed by atoms with Gasteiger partial charge >= 0.3 is 0 Å². The highest BCUT2D eigenvalue weighted by atomic mass is 16.5. The SMILES string of the molecule is CN1CC[C@H]2[C@@H]1CN2c1c(OC2CC2)ccc2ncnc(N)c12. The molecule has 1 aromatic carbocycles. The molecule has 3 aliphatic rings. The summed E-state index contributed by atoms with van der Waals surface area (Å²) in [5, 5.41) is 0.943. The molecule has 2 N–H and O–H groups in total. The van der Waals surface area contributed by atoms with Gasteiger partial charge in [0.2, 0.25) is 0 Å². The van der Waals surface area contributed by atoms with Gasteiger partial charge < -0.3 is 15.4 Å². The second kappa shape index (κ2) is 4.71. The molecule has 1 aliphatic carbocycles. The number of aromatic nitrogens is 2. The van der Waals surface area contributed by atoms with E-state index in [0.717, 1.165) is 48.3 Å². The third kappa shape index (κ3) is 1.97. The van der Waals surface area contributed by atoms with Gasteiger partial charge in [0.05, 0.1) is 22.7 Å². The maximum Gasteiger partial charge on any atom is 0.143 e. The molecular formula is C17H21N5O. The molecule has 3 fully saturated rings. The van der Waals surface area contributed by atoms with Gasteiger partial charge in [-0.3, -0.25) is 4.90 Å². The van der Waals surface area contributed by atoms with Crippen LogP contribution in [0.25, 0.3) is 10.9 Å². The molecule has 6 heteroatoms. The van der Waals surface area contributed by atoms with E-state index in [0.29, 0.717) is 24.0 Å². The molecule has 23 heavy (non-hydrogen) atoms. The first kappa shape index (κ1) is 13.4. The molecule has 5 rings (SSSR count). The third-order valence-corrected chi connectivity index (χ3v) is 5.45. The number of hydrogen-bond acceptors (Lipinski definition) is 6. The number of likely N-dealkylation sites (N-methyl/N-ethyl adjacent to an activating group) is 1. The maximum absolute atomic E-state index is 6.21. The predicted molar refractivity (Wildman–Crippen MR) is 89.8 cm³/mol. The van der Waals surface area contributed by atoms with Crippen LogP contribution in [0, 0.1) is 0 Å². The summed E-state index contributed by atoms with van der Waals surface area (Å²) in [5.74, 6) is 1.48. The number of likely N-dealkylation sites (tertiary alicyclic amines) is 1. The Balaban J connectivity index is 1.64. The van der Waals surface area contributed by atoms with Gasteiger partial charge in [0.25, 0.3) is 0 Å². The summed E-state index contributed by atoms with van der Waals surface area (Å²) < 4.78 is 6.19. The van der Waals surface area contributed by atoms with Crippen LogP contribution in [0.15, 0.2) is 18.5 Å². The van der Waals surface area contributed by atoms with Crippen molar-refractivity contribution in [2.45, 2.75) is 37.5 Å². The van der Waals surface area contributed by atoms with E-state index in [4.69, 9.17) is 10.5 Å². The lowest BCUT2D eigenvalue weighted by molar-refractivity contribution is 0.238. The number of rotatable bonds is 3. The van der Waals surface area contributed by atoms with Gasteiger partial charge in [-0.05, 0) is 38.4 Å². The number of nitrogen functional groups attached to an aromatic ring is 1. The average Bonchev–Trinajstić information content (AvgIpc) is 3.27. The Labute approximate surface area is 135 Å². The highest BCUT2D eigenvalue weighted by molar-refractivity contribution is 6.02. The molecule has 0 amide bonds. The van der Waals surface area contributed by atoms with Crippen molar-refractivity contribution < 1.29 is 4.74 Å². The van der Waals surface area contributed by atoms with Gasteiger partial charge in [0, 0.05) is 25.2 Å². The molecule has 2 atom stereocenters. The molecule has 2 aliphatic heterocycles. The lowest BCUT2D eigenvalue weighted by Crippen LogP contribution is -2.61. The molecule has 0 radical (unpaired) electrons. The van der Waals surface area contributed by atoms with E-state index in [9.17, 15) is 0 Å². The van der Waals surface area contributed by atoms with Crippen LogP contribution in [-0.4, -0.2) is 53.2 Å². The van der Waals surface area contributed by atoms with Gasteiger partial charge in [0.15, 0.2) is 0 Å². The number of ether oxygens (including phenoxy) is 1. The Kier molecular flexibility index (Phi) is 2.74. The van der Waals surface area contributed by atoms with E-state index >= 15 is 0 Å². The molecule has 0 unspecified atom stereocenters. The molecular weight excluding hydrogens is 290 g/mol. The minimum Gasteiger partial charge on any atom is -0.488 e. The van der Waals surface area contributed by atoms with Gasteiger partial charge in [-0.15, -0.1) is 0 Å². The van der Waals surface area contributed by atoms with E-state index in [-0.39, 0.29) is 0 Å². The summed E-state index contributed by atoms with van der Waals surface area (Å²) in [6.45, 7) is 2.18. The molecule has 3 heterocycles. The molecule has 0 spiro atoms. The lowest BCUT2D eigenvalue weighted by Gasteiger charge is -2.48. The second-order valence-electron chi connectivity index (χ2n) is 6.94. The number of fused-ring (bicyclic) bond motifs is 2. The quantitative estimate of drug-likeness (QED) is 0.929. The van der Waals surface area contributed by atoms with Crippen molar-refractivity contribution in [3.8, 4) is 5.75 Å². The van der Waals surface area contributed by atoms with Crippen LogP contribution in [0.2, 0.25) is 0 Å². The number of benzene rings is 1. The zero-order valence-electron chi connectivity index (χ0n) is 13.3. The van der Waals surface area contributed by atoms with E-state index < -0.39 is 0 Å². The summed E-state index contributed by atoms with van der Waals surface area (Å²) in [4.78, 5) is 13.5. The Hall–Kier alpha value is -2.08. The van der Waals surface area contributed by atoms with Gasteiger partial charge in [-0.2, -0.15) is 0 Å². The first-order chi connectivity index (χ1) is 11.2. The summed E-state index contributed by atoms with van der Waals surface area (Å²) in [6.07, 6.45) is 5.37. The van der Waals surface area contributed by atoms with Gasteiger partial charge in [-0.25, -0.2) is 9.97 Å². The number of nitrogens with zero attached hydrogens (tertiary/aromatic N) is 4. The Morgan fingerprint density at radius 3 is 2.83 bits per heavy atom. The van der Waals surface area contributed by atoms with Crippen molar-refractivity contribution in [3.05, 3.63) is 18.5 Å². The van der Waals surface area contributed by atoms with Crippen molar-refractivity contribution in [3.63, 3.8) is 0 Å². The van der Waals surface area contributed by atoms with Crippen molar-refractivity contribution in [2.75, 3.05) is 30.8 Å². The Morgan fingerprint density at radius 2 is 2.04 bits per heavy atom. The highest BCUT2D eigenvalue weighted by Crippen LogP contribution is 2.46. The first-order valence-corrected chi connectivity index (χ1v) is 8.39. The zero-order valence-corrected chi connectivity index (χ0v) is 13.3. The van der Waals surface area contributed by atoms with Crippen LogP contribution < -0.4 is 15.4 Å². The fourth-order valence-corrected chi connectivity index (χ4v) is 3.95.